The quantitative estimate of drug-likeness (QED) is 0.745. The van der Waals surface area contributed by atoms with Gasteiger partial charge in [0, 0.05) is 10.7 Å². The molecule has 18 heavy (non-hydrogen) atoms. The van der Waals surface area contributed by atoms with Crippen LogP contribution in [0.3, 0.4) is 0 Å². The summed E-state index contributed by atoms with van der Waals surface area (Å²) in [5.41, 5.74) is 0.956. The molecule has 0 saturated carbocycles. The molecule has 2 heterocycles. The number of nitrogens with zero attached hydrogens (tertiary/aromatic N) is 2. The number of aromatic nitrogens is 3. The number of pyridine rings is 1. The first-order valence-electron chi connectivity index (χ1n) is 5.11. The monoisotopic (exact) mass is 309 g/mol. The number of halogens is 3. The Kier molecular flexibility index (Phi) is 2.59. The minimum atomic E-state index is -0.956. The molecule has 3 rings (SSSR count). The van der Waals surface area contributed by atoms with Crippen molar-refractivity contribution in [3.63, 3.8) is 0 Å². The molecule has 3 aromatic rings. The number of aromatic amines is 1. The van der Waals surface area contributed by atoms with Crippen molar-refractivity contribution in [2.45, 2.75) is 0 Å². The first kappa shape index (κ1) is 11.3. The highest BCUT2D eigenvalue weighted by Crippen LogP contribution is 2.26. The van der Waals surface area contributed by atoms with E-state index >= 15 is 0 Å². The third kappa shape index (κ3) is 1.69. The van der Waals surface area contributed by atoms with Crippen LogP contribution < -0.4 is 0 Å². The molecule has 0 aliphatic carbocycles. The van der Waals surface area contributed by atoms with E-state index in [0.29, 0.717) is 17.0 Å². The third-order valence-corrected chi connectivity index (χ3v) is 3.17. The topological polar surface area (TPSA) is 41.6 Å². The van der Waals surface area contributed by atoms with Crippen LogP contribution in [-0.4, -0.2) is 15.0 Å². The Balaban J connectivity index is 2.26. The first-order chi connectivity index (χ1) is 8.66. The summed E-state index contributed by atoms with van der Waals surface area (Å²) in [6, 6.07) is 6.07. The molecular formula is C12H6BrF2N3. The lowest BCUT2D eigenvalue weighted by Gasteiger charge is -1.97. The predicted molar refractivity (Wildman–Crippen MR) is 66.9 cm³/mol. The zero-order valence-corrected chi connectivity index (χ0v) is 10.5. The van der Waals surface area contributed by atoms with Crippen LogP contribution in [0.25, 0.3) is 22.6 Å². The highest BCUT2D eigenvalue weighted by molar-refractivity contribution is 9.10. The van der Waals surface area contributed by atoms with Crippen molar-refractivity contribution in [2.75, 3.05) is 0 Å². The lowest BCUT2D eigenvalue weighted by Crippen LogP contribution is -1.86. The first-order valence-corrected chi connectivity index (χ1v) is 5.90. The molecule has 1 aromatic carbocycles. The van der Waals surface area contributed by atoms with Crippen LogP contribution in [-0.2, 0) is 0 Å². The van der Waals surface area contributed by atoms with Crippen LogP contribution in [0, 0.1) is 11.6 Å². The molecule has 0 saturated heterocycles. The molecule has 6 heteroatoms. The summed E-state index contributed by atoms with van der Waals surface area (Å²) in [5, 5.41) is 0. The molecule has 2 aromatic heterocycles. The van der Waals surface area contributed by atoms with Crippen molar-refractivity contribution >= 4 is 27.0 Å². The Bertz CT molecular complexity index is 739. The predicted octanol–water partition coefficient (Wildman–Crippen LogP) is 3.67. The van der Waals surface area contributed by atoms with Gasteiger partial charge in [-0.15, -0.1) is 0 Å². The van der Waals surface area contributed by atoms with Crippen molar-refractivity contribution < 1.29 is 8.78 Å². The van der Waals surface area contributed by atoms with Gasteiger partial charge in [-0.3, -0.25) is 4.98 Å². The zero-order chi connectivity index (χ0) is 12.7. The van der Waals surface area contributed by atoms with Crippen LogP contribution in [0.4, 0.5) is 8.78 Å². The standard InChI is InChI=1S/C12H6BrF2N3/c13-6-2-1-5-16-10(6)12-17-8-4-3-7(14)9(15)11(8)18-12/h1-5H,(H,17,18). The Labute approximate surface area is 109 Å². The summed E-state index contributed by atoms with van der Waals surface area (Å²) in [4.78, 5) is 11.1. The van der Waals surface area contributed by atoms with Crippen molar-refractivity contribution in [1.82, 2.24) is 15.0 Å². The molecule has 0 amide bonds. The van der Waals surface area contributed by atoms with Gasteiger partial charge in [-0.25, -0.2) is 13.8 Å². The van der Waals surface area contributed by atoms with Crippen molar-refractivity contribution in [3.8, 4) is 11.5 Å². The van der Waals surface area contributed by atoms with Crippen molar-refractivity contribution in [2.24, 2.45) is 0 Å². The fourth-order valence-corrected chi connectivity index (χ4v) is 2.13. The highest BCUT2D eigenvalue weighted by atomic mass is 79.9. The fraction of sp³-hybridized carbons (Fsp3) is 0. The van der Waals surface area contributed by atoms with E-state index in [4.69, 9.17) is 0 Å². The lowest BCUT2D eigenvalue weighted by atomic mass is 10.3. The maximum atomic E-state index is 13.5. The molecule has 0 unspecified atom stereocenters. The van der Waals surface area contributed by atoms with E-state index in [-0.39, 0.29) is 5.52 Å². The molecule has 0 fully saturated rings. The summed E-state index contributed by atoms with van der Waals surface area (Å²) in [6.07, 6.45) is 1.60. The third-order valence-electron chi connectivity index (χ3n) is 2.53. The second-order valence-electron chi connectivity index (χ2n) is 3.68. The minimum absolute atomic E-state index is 0.0254. The normalized spacial score (nSPS) is 11.1. The second-order valence-corrected chi connectivity index (χ2v) is 4.53. The molecular weight excluding hydrogens is 304 g/mol. The summed E-state index contributed by atoms with van der Waals surface area (Å²) < 4.78 is 27.4. The average Bonchev–Trinajstić information content (AvgIpc) is 2.79. The van der Waals surface area contributed by atoms with Gasteiger partial charge in [0.15, 0.2) is 17.5 Å². The average molecular weight is 310 g/mol. The molecule has 0 radical (unpaired) electrons. The van der Waals surface area contributed by atoms with E-state index in [9.17, 15) is 8.78 Å². The van der Waals surface area contributed by atoms with E-state index in [1.807, 2.05) is 0 Å². The van der Waals surface area contributed by atoms with Gasteiger partial charge >= 0.3 is 0 Å². The Hall–Kier alpha value is -1.82. The van der Waals surface area contributed by atoms with Gasteiger partial charge in [0.25, 0.3) is 0 Å². The fourth-order valence-electron chi connectivity index (χ4n) is 1.69. The Morgan fingerprint density at radius 3 is 2.78 bits per heavy atom. The van der Waals surface area contributed by atoms with E-state index in [1.165, 1.54) is 6.07 Å². The van der Waals surface area contributed by atoms with Crippen molar-refractivity contribution in [3.05, 3.63) is 46.6 Å². The van der Waals surface area contributed by atoms with E-state index in [0.717, 1.165) is 10.5 Å². The summed E-state index contributed by atoms with van der Waals surface area (Å²) in [6.45, 7) is 0. The van der Waals surface area contributed by atoms with Crippen LogP contribution in [0.2, 0.25) is 0 Å². The molecule has 0 aliphatic rings. The number of nitrogens with one attached hydrogen (secondary N) is 1. The Morgan fingerprint density at radius 2 is 2.00 bits per heavy atom. The van der Waals surface area contributed by atoms with Crippen molar-refractivity contribution in [1.29, 1.82) is 0 Å². The molecule has 0 spiro atoms. The number of imidazole rings is 1. The van der Waals surface area contributed by atoms with Crippen LogP contribution in [0.5, 0.6) is 0 Å². The smallest absolute Gasteiger partial charge is 0.186 e. The van der Waals surface area contributed by atoms with Gasteiger partial charge in [0.2, 0.25) is 0 Å². The van der Waals surface area contributed by atoms with E-state index in [1.54, 1.807) is 18.3 Å². The molecule has 0 aliphatic heterocycles. The van der Waals surface area contributed by atoms with E-state index in [2.05, 4.69) is 30.9 Å². The molecule has 90 valence electrons. The number of hydrogen-bond acceptors (Lipinski definition) is 2. The number of hydrogen-bond donors (Lipinski definition) is 1. The maximum absolute atomic E-state index is 13.5. The van der Waals surface area contributed by atoms with Gasteiger partial charge < -0.3 is 4.98 Å². The number of H-pyrrole nitrogens is 1. The molecule has 0 atom stereocenters. The van der Waals surface area contributed by atoms with Gasteiger partial charge in [-0.1, -0.05) is 0 Å². The highest BCUT2D eigenvalue weighted by Gasteiger charge is 2.14. The summed E-state index contributed by atoms with van der Waals surface area (Å²) in [5.74, 6) is -1.48. The lowest BCUT2D eigenvalue weighted by molar-refractivity contribution is 0.515. The summed E-state index contributed by atoms with van der Waals surface area (Å²) >= 11 is 3.33. The van der Waals surface area contributed by atoms with Gasteiger partial charge in [-0.2, -0.15) is 0 Å². The zero-order valence-electron chi connectivity index (χ0n) is 8.92. The van der Waals surface area contributed by atoms with Gasteiger partial charge in [0.05, 0.1) is 5.52 Å². The minimum Gasteiger partial charge on any atom is -0.337 e. The molecule has 1 N–H and O–H groups in total. The largest absolute Gasteiger partial charge is 0.337 e. The maximum Gasteiger partial charge on any atom is 0.186 e. The Morgan fingerprint density at radius 1 is 1.17 bits per heavy atom. The van der Waals surface area contributed by atoms with Gasteiger partial charge in [-0.05, 0) is 40.2 Å². The van der Waals surface area contributed by atoms with Crippen LogP contribution >= 0.6 is 15.9 Å². The molecule has 0 bridgehead atoms. The summed E-state index contributed by atoms with van der Waals surface area (Å²) in [7, 11) is 0. The second kappa shape index (κ2) is 4.13. The van der Waals surface area contributed by atoms with Crippen LogP contribution in [0.1, 0.15) is 0 Å². The van der Waals surface area contributed by atoms with Gasteiger partial charge in [0.1, 0.15) is 11.2 Å². The molecule has 3 nitrogen and oxygen atoms in total. The number of benzene rings is 1. The number of fused-ring (bicyclic) bond motifs is 1. The SMILES string of the molecule is Fc1ccc2[nH]c(-c3ncccc3Br)nc2c1F. The number of rotatable bonds is 1. The van der Waals surface area contributed by atoms with Crippen LogP contribution in [0.15, 0.2) is 34.9 Å². The van der Waals surface area contributed by atoms with E-state index < -0.39 is 11.6 Å².